The lowest BCUT2D eigenvalue weighted by molar-refractivity contribution is -0.137. The van der Waals surface area contributed by atoms with Crippen molar-refractivity contribution in [1.29, 1.82) is 0 Å². The Balaban J connectivity index is 2.07. The topological polar surface area (TPSA) is 57.6 Å². The molecule has 0 unspecified atom stereocenters. The molecule has 0 spiro atoms. The summed E-state index contributed by atoms with van der Waals surface area (Å²) in [5.41, 5.74) is 0.935. The molecule has 0 aromatic heterocycles. The Labute approximate surface area is 125 Å². The van der Waals surface area contributed by atoms with Crippen molar-refractivity contribution in [3.05, 3.63) is 30.3 Å². The van der Waals surface area contributed by atoms with Gasteiger partial charge in [-0.05, 0) is 31.4 Å². The fraction of sp³-hybridized carbons (Fsp3) is 0.529. The van der Waals surface area contributed by atoms with Gasteiger partial charge in [0.2, 0.25) is 5.91 Å². The van der Waals surface area contributed by atoms with Crippen molar-refractivity contribution in [2.75, 3.05) is 4.90 Å². The molecule has 0 bridgehead atoms. The first-order valence-corrected chi connectivity index (χ1v) is 7.77. The molecule has 1 N–H and O–H groups in total. The molecule has 1 aromatic rings. The Morgan fingerprint density at radius 1 is 1.05 bits per heavy atom. The number of rotatable bonds is 6. The van der Waals surface area contributed by atoms with E-state index in [4.69, 9.17) is 5.11 Å². The number of carboxylic acids is 1. The Morgan fingerprint density at radius 3 is 2.33 bits per heavy atom. The van der Waals surface area contributed by atoms with Crippen LogP contribution in [0.2, 0.25) is 0 Å². The number of anilines is 1. The van der Waals surface area contributed by atoms with Gasteiger partial charge in [0.05, 0.1) is 0 Å². The third-order valence-corrected chi connectivity index (χ3v) is 4.02. The van der Waals surface area contributed by atoms with Crippen LogP contribution < -0.4 is 4.90 Å². The zero-order chi connectivity index (χ0) is 15.1. The Hall–Kier alpha value is -1.84. The molecule has 21 heavy (non-hydrogen) atoms. The number of nitrogens with zero attached hydrogens (tertiary/aromatic N) is 1. The van der Waals surface area contributed by atoms with E-state index < -0.39 is 5.97 Å². The first kappa shape index (κ1) is 15.5. The predicted octanol–water partition coefficient (Wildman–Crippen LogP) is 3.61. The third-order valence-electron chi connectivity index (χ3n) is 4.02. The van der Waals surface area contributed by atoms with E-state index in [-0.39, 0.29) is 18.4 Å². The number of amides is 1. The smallest absolute Gasteiger partial charge is 0.303 e. The van der Waals surface area contributed by atoms with Crippen molar-refractivity contribution < 1.29 is 14.7 Å². The summed E-state index contributed by atoms with van der Waals surface area (Å²) in [5.74, 6) is -0.791. The van der Waals surface area contributed by atoms with Gasteiger partial charge in [0, 0.05) is 24.6 Å². The van der Waals surface area contributed by atoms with Gasteiger partial charge in [0.1, 0.15) is 0 Å². The van der Waals surface area contributed by atoms with Gasteiger partial charge in [0.25, 0.3) is 0 Å². The zero-order valence-electron chi connectivity index (χ0n) is 12.3. The molecule has 114 valence electrons. The maximum absolute atomic E-state index is 12.6. The van der Waals surface area contributed by atoms with Crippen LogP contribution in [-0.4, -0.2) is 23.0 Å². The fourth-order valence-corrected chi connectivity index (χ4v) is 3.00. The normalized spacial score (nSPS) is 15.6. The van der Waals surface area contributed by atoms with Gasteiger partial charge < -0.3 is 10.0 Å². The fourth-order valence-electron chi connectivity index (χ4n) is 3.00. The molecule has 1 aromatic carbocycles. The molecule has 0 atom stereocenters. The summed E-state index contributed by atoms with van der Waals surface area (Å²) < 4.78 is 0. The van der Waals surface area contributed by atoms with E-state index in [0.29, 0.717) is 12.8 Å². The molecule has 1 aliphatic rings. The second-order valence-corrected chi connectivity index (χ2v) is 5.64. The summed E-state index contributed by atoms with van der Waals surface area (Å²) >= 11 is 0. The molecule has 2 rings (SSSR count). The van der Waals surface area contributed by atoms with Gasteiger partial charge in [-0.15, -0.1) is 0 Å². The van der Waals surface area contributed by atoms with Crippen molar-refractivity contribution in [1.82, 2.24) is 0 Å². The van der Waals surface area contributed by atoms with Crippen LogP contribution in [0.25, 0.3) is 0 Å². The summed E-state index contributed by atoms with van der Waals surface area (Å²) in [6.45, 7) is 0. The van der Waals surface area contributed by atoms with Crippen molar-refractivity contribution >= 4 is 17.6 Å². The largest absolute Gasteiger partial charge is 0.481 e. The minimum Gasteiger partial charge on any atom is -0.481 e. The maximum atomic E-state index is 12.6. The molecule has 1 aliphatic carbocycles. The Kier molecular flexibility index (Phi) is 5.78. The van der Waals surface area contributed by atoms with Crippen LogP contribution in [0.4, 0.5) is 5.69 Å². The molecule has 4 heteroatoms. The standard InChI is InChI=1S/C17H23NO3/c19-16(12-7-13-17(20)21)18(14-8-3-1-4-9-14)15-10-5-2-6-11-15/h1,3-4,8-9,15H,2,5-7,10-13H2,(H,20,21). The lowest BCUT2D eigenvalue weighted by Gasteiger charge is -2.34. The second-order valence-electron chi connectivity index (χ2n) is 5.64. The maximum Gasteiger partial charge on any atom is 0.303 e. The van der Waals surface area contributed by atoms with E-state index in [1.54, 1.807) is 0 Å². The van der Waals surface area contributed by atoms with E-state index in [9.17, 15) is 9.59 Å². The van der Waals surface area contributed by atoms with Gasteiger partial charge in [-0.1, -0.05) is 37.5 Å². The molecule has 1 fully saturated rings. The van der Waals surface area contributed by atoms with Crippen LogP contribution in [0.5, 0.6) is 0 Å². The lowest BCUT2D eigenvalue weighted by atomic mass is 9.93. The molecular formula is C17H23NO3. The molecule has 0 aliphatic heterocycles. The average molecular weight is 289 g/mol. The third kappa shape index (κ3) is 4.59. The number of carboxylic acid groups (broad SMARTS) is 1. The van der Waals surface area contributed by atoms with Crippen LogP contribution >= 0.6 is 0 Å². The minimum absolute atomic E-state index is 0.0503. The number of aliphatic carboxylic acids is 1. The minimum atomic E-state index is -0.841. The average Bonchev–Trinajstić information content (AvgIpc) is 2.49. The van der Waals surface area contributed by atoms with E-state index in [0.717, 1.165) is 31.4 Å². The lowest BCUT2D eigenvalue weighted by Crippen LogP contribution is -2.41. The summed E-state index contributed by atoms with van der Waals surface area (Å²) in [4.78, 5) is 25.1. The van der Waals surface area contributed by atoms with Crippen LogP contribution in [0.1, 0.15) is 51.4 Å². The molecular weight excluding hydrogens is 266 g/mol. The van der Waals surface area contributed by atoms with E-state index in [2.05, 4.69) is 0 Å². The number of carbonyl (C=O) groups is 2. The van der Waals surface area contributed by atoms with Crippen molar-refractivity contribution in [3.63, 3.8) is 0 Å². The molecule has 4 nitrogen and oxygen atoms in total. The number of hydrogen-bond acceptors (Lipinski definition) is 2. The summed E-state index contributed by atoms with van der Waals surface area (Å²) in [6.07, 6.45) is 6.42. The van der Waals surface area contributed by atoms with Crippen molar-refractivity contribution in [2.24, 2.45) is 0 Å². The van der Waals surface area contributed by atoms with Crippen molar-refractivity contribution in [2.45, 2.75) is 57.4 Å². The van der Waals surface area contributed by atoms with Crippen molar-refractivity contribution in [3.8, 4) is 0 Å². The zero-order valence-corrected chi connectivity index (χ0v) is 12.3. The number of hydrogen-bond donors (Lipinski definition) is 1. The predicted molar refractivity (Wildman–Crippen MR) is 82.3 cm³/mol. The molecule has 1 saturated carbocycles. The molecule has 0 saturated heterocycles. The molecule has 0 heterocycles. The monoisotopic (exact) mass is 289 g/mol. The summed E-state index contributed by atoms with van der Waals surface area (Å²) in [6, 6.07) is 10.0. The van der Waals surface area contributed by atoms with Gasteiger partial charge >= 0.3 is 5.97 Å². The van der Waals surface area contributed by atoms with Gasteiger partial charge in [-0.25, -0.2) is 0 Å². The highest BCUT2D eigenvalue weighted by molar-refractivity contribution is 5.94. The highest BCUT2D eigenvalue weighted by Gasteiger charge is 2.26. The van der Waals surface area contributed by atoms with Gasteiger partial charge in [-0.2, -0.15) is 0 Å². The second kappa shape index (κ2) is 7.81. The summed E-state index contributed by atoms with van der Waals surface area (Å²) in [7, 11) is 0. The van der Waals surface area contributed by atoms with E-state index in [1.165, 1.54) is 6.42 Å². The van der Waals surface area contributed by atoms with Gasteiger partial charge in [0.15, 0.2) is 0 Å². The molecule has 1 amide bonds. The number of benzene rings is 1. The quantitative estimate of drug-likeness (QED) is 0.870. The highest BCUT2D eigenvalue weighted by Crippen LogP contribution is 2.28. The molecule has 0 radical (unpaired) electrons. The first-order valence-electron chi connectivity index (χ1n) is 7.77. The highest BCUT2D eigenvalue weighted by atomic mass is 16.4. The van der Waals surface area contributed by atoms with Crippen LogP contribution in [-0.2, 0) is 9.59 Å². The number of carbonyl (C=O) groups excluding carboxylic acids is 1. The number of para-hydroxylation sites is 1. The SMILES string of the molecule is O=C(O)CCCC(=O)N(c1ccccc1)C1CCCCC1. The van der Waals surface area contributed by atoms with E-state index in [1.807, 2.05) is 35.2 Å². The summed E-state index contributed by atoms with van der Waals surface area (Å²) in [5, 5.41) is 8.71. The Bertz CT molecular complexity index is 466. The van der Waals surface area contributed by atoms with E-state index >= 15 is 0 Å². The van der Waals surface area contributed by atoms with Gasteiger partial charge in [-0.3, -0.25) is 9.59 Å². The Morgan fingerprint density at radius 2 is 1.71 bits per heavy atom. The first-order chi connectivity index (χ1) is 10.2. The van der Waals surface area contributed by atoms with Crippen LogP contribution in [0, 0.1) is 0 Å². The van der Waals surface area contributed by atoms with Crippen LogP contribution in [0.3, 0.4) is 0 Å². The van der Waals surface area contributed by atoms with Crippen LogP contribution in [0.15, 0.2) is 30.3 Å².